The first-order valence-electron chi connectivity index (χ1n) is 16.8. The van der Waals surface area contributed by atoms with Crippen molar-refractivity contribution in [3.8, 4) is 0 Å². The van der Waals surface area contributed by atoms with Crippen LogP contribution in [0.15, 0.2) is 0 Å². The summed E-state index contributed by atoms with van der Waals surface area (Å²) in [5.41, 5.74) is -1.12. The Kier molecular flexibility index (Phi) is 26.5. The fraction of sp³-hybridized carbons (Fsp3) is 0.844. The van der Waals surface area contributed by atoms with E-state index in [9.17, 15) is 29.1 Å². The van der Waals surface area contributed by atoms with Gasteiger partial charge in [0.25, 0.3) is 0 Å². The third kappa shape index (κ3) is 33.2. The molecule has 5 N–H and O–H groups in total. The fourth-order valence-electron chi connectivity index (χ4n) is 3.53. The molecule has 0 aromatic rings. The van der Waals surface area contributed by atoms with Crippen molar-refractivity contribution in [2.75, 3.05) is 98.9 Å². The quantitative estimate of drug-likeness (QED) is 0.0679. The molecule has 0 heterocycles. The van der Waals surface area contributed by atoms with Crippen LogP contribution >= 0.6 is 0 Å². The van der Waals surface area contributed by atoms with Gasteiger partial charge in [0.05, 0.1) is 66.1 Å². The number of carbonyl (C=O) groups is 5. The highest BCUT2D eigenvalue weighted by atomic mass is 16.6. The van der Waals surface area contributed by atoms with Gasteiger partial charge in [0.2, 0.25) is 11.8 Å². The Hall–Kier alpha value is -3.29. The number of rotatable bonds is 29. The number of unbranched alkanes of at least 4 members (excludes halogenated alkanes) is 1. The summed E-state index contributed by atoms with van der Waals surface area (Å²) in [6.45, 7) is 13.9. The highest BCUT2D eigenvalue weighted by molar-refractivity contribution is 5.84. The van der Waals surface area contributed by atoms with Gasteiger partial charge in [-0.25, -0.2) is 14.4 Å². The van der Waals surface area contributed by atoms with Crippen LogP contribution in [0.3, 0.4) is 0 Å². The molecule has 4 amide bonds. The molecule has 1 atom stereocenters. The number of carboxylic acids is 1. The average molecular weight is 725 g/mol. The van der Waals surface area contributed by atoms with Crippen molar-refractivity contribution in [3.05, 3.63) is 0 Å². The maximum absolute atomic E-state index is 12.1. The molecule has 0 aliphatic heterocycles. The Bertz CT molecular complexity index is 956. The molecule has 18 heteroatoms. The van der Waals surface area contributed by atoms with Crippen molar-refractivity contribution >= 4 is 30.0 Å². The van der Waals surface area contributed by atoms with Crippen LogP contribution in [-0.2, 0) is 52.3 Å². The minimum Gasteiger partial charge on any atom is -0.480 e. The summed E-state index contributed by atoms with van der Waals surface area (Å²) in [5.74, 6) is -2.03. The molecule has 0 unspecified atom stereocenters. The minimum absolute atomic E-state index is 0.134. The average Bonchev–Trinajstić information content (AvgIpc) is 2.99. The van der Waals surface area contributed by atoms with Crippen molar-refractivity contribution in [1.82, 2.24) is 21.3 Å². The number of ether oxygens (including phenoxy) is 8. The van der Waals surface area contributed by atoms with Crippen molar-refractivity contribution in [2.45, 2.75) is 78.0 Å². The van der Waals surface area contributed by atoms with Gasteiger partial charge in [-0.05, 0) is 60.8 Å². The van der Waals surface area contributed by atoms with E-state index in [-0.39, 0.29) is 52.0 Å². The summed E-state index contributed by atoms with van der Waals surface area (Å²) >= 11 is 0. The van der Waals surface area contributed by atoms with E-state index in [0.717, 1.165) is 0 Å². The lowest BCUT2D eigenvalue weighted by atomic mass is 10.1. The van der Waals surface area contributed by atoms with Crippen LogP contribution < -0.4 is 21.3 Å². The summed E-state index contributed by atoms with van der Waals surface area (Å²) in [4.78, 5) is 58.6. The van der Waals surface area contributed by atoms with Gasteiger partial charge in [0.15, 0.2) is 0 Å². The first-order chi connectivity index (χ1) is 23.6. The van der Waals surface area contributed by atoms with Gasteiger partial charge >= 0.3 is 18.2 Å². The maximum Gasteiger partial charge on any atom is 0.407 e. The van der Waals surface area contributed by atoms with Gasteiger partial charge in [0, 0.05) is 19.6 Å². The van der Waals surface area contributed by atoms with E-state index in [0.29, 0.717) is 72.1 Å². The van der Waals surface area contributed by atoms with E-state index >= 15 is 0 Å². The number of aliphatic carboxylic acids is 1. The lowest BCUT2D eigenvalue weighted by Gasteiger charge is -2.19. The molecule has 0 fully saturated rings. The summed E-state index contributed by atoms with van der Waals surface area (Å²) in [7, 11) is 0. The molecule has 50 heavy (non-hydrogen) atoms. The normalized spacial score (nSPS) is 12.1. The van der Waals surface area contributed by atoms with Crippen molar-refractivity contribution < 1.29 is 67.0 Å². The number of carboxylic acid groups (broad SMARTS) is 1. The van der Waals surface area contributed by atoms with Crippen LogP contribution in [0.5, 0.6) is 0 Å². The van der Waals surface area contributed by atoms with Crippen LogP contribution in [-0.4, -0.2) is 151 Å². The minimum atomic E-state index is -1.16. The molecule has 0 aromatic heterocycles. The molecule has 0 spiro atoms. The molecule has 0 radical (unpaired) electrons. The van der Waals surface area contributed by atoms with E-state index in [1.54, 1.807) is 41.5 Å². The third-order valence-electron chi connectivity index (χ3n) is 5.66. The largest absolute Gasteiger partial charge is 0.480 e. The zero-order chi connectivity index (χ0) is 37.7. The highest BCUT2D eigenvalue weighted by Gasteiger charge is 2.20. The van der Waals surface area contributed by atoms with Crippen LogP contribution in [0.4, 0.5) is 9.59 Å². The van der Waals surface area contributed by atoms with Gasteiger partial charge in [-0.1, -0.05) is 0 Å². The number of hydrogen-bond acceptors (Lipinski definition) is 13. The molecule has 0 bridgehead atoms. The Labute approximate surface area is 295 Å². The van der Waals surface area contributed by atoms with Crippen molar-refractivity contribution in [1.29, 1.82) is 0 Å². The van der Waals surface area contributed by atoms with E-state index in [2.05, 4.69) is 21.3 Å². The predicted molar refractivity (Wildman–Crippen MR) is 180 cm³/mol. The van der Waals surface area contributed by atoms with Crippen LogP contribution in [0.2, 0.25) is 0 Å². The monoisotopic (exact) mass is 724 g/mol. The lowest BCUT2D eigenvalue weighted by Crippen LogP contribution is -2.42. The molecule has 0 aliphatic carbocycles. The maximum atomic E-state index is 12.1. The SMILES string of the molecule is CC(C)(C)OC(=O)NCCOCCOCCOCC(=O)NCCCC[C@@H](NC(=O)COCCOCCOCCNC(=O)OC(C)(C)C)C(=O)O. The standard InChI is InChI=1S/C32H60N4O14/c1-31(2,3)49-29(41)34-11-13-43-15-17-45-19-21-47-23-26(37)33-10-8-7-9-25(28(39)40)36-27(38)24-48-22-20-46-18-16-44-14-12-35-30(42)50-32(4,5)6/h25H,7-24H2,1-6H3,(H,33,37)(H,34,41)(H,35,42)(H,36,38)(H,39,40)/t25-/m1/s1. The Morgan fingerprint density at radius 3 is 1.34 bits per heavy atom. The van der Waals surface area contributed by atoms with Crippen molar-refractivity contribution in [2.24, 2.45) is 0 Å². The second kappa shape index (κ2) is 28.4. The zero-order valence-corrected chi connectivity index (χ0v) is 30.6. The fourth-order valence-corrected chi connectivity index (χ4v) is 3.53. The summed E-state index contributed by atoms with van der Waals surface area (Å²) in [6.07, 6.45) is 0.141. The predicted octanol–water partition coefficient (Wildman–Crippen LogP) is 0.991. The Morgan fingerprint density at radius 2 is 0.920 bits per heavy atom. The first kappa shape index (κ1) is 46.7. The first-order valence-corrected chi connectivity index (χ1v) is 16.8. The second-order valence-corrected chi connectivity index (χ2v) is 12.7. The van der Waals surface area contributed by atoms with E-state index in [1.807, 2.05) is 0 Å². The lowest BCUT2D eigenvalue weighted by molar-refractivity contribution is -0.142. The highest BCUT2D eigenvalue weighted by Crippen LogP contribution is 2.07. The topological polar surface area (TPSA) is 228 Å². The van der Waals surface area contributed by atoms with Crippen LogP contribution in [0, 0.1) is 0 Å². The Balaban J connectivity index is 3.68. The van der Waals surface area contributed by atoms with Crippen LogP contribution in [0.25, 0.3) is 0 Å². The van der Waals surface area contributed by atoms with Crippen LogP contribution in [0.1, 0.15) is 60.8 Å². The number of hydrogen-bond donors (Lipinski definition) is 5. The van der Waals surface area contributed by atoms with Gasteiger partial charge in [0.1, 0.15) is 30.5 Å². The molecular weight excluding hydrogens is 664 g/mol. The number of carbonyl (C=O) groups excluding carboxylic acids is 4. The molecule has 0 saturated carbocycles. The van der Waals surface area contributed by atoms with Gasteiger partial charge < -0.3 is 64.3 Å². The van der Waals surface area contributed by atoms with Gasteiger partial charge in [-0.2, -0.15) is 0 Å². The van der Waals surface area contributed by atoms with E-state index < -0.39 is 41.3 Å². The summed E-state index contributed by atoms with van der Waals surface area (Å²) < 4.78 is 42.1. The summed E-state index contributed by atoms with van der Waals surface area (Å²) in [6, 6.07) is -1.08. The van der Waals surface area contributed by atoms with E-state index in [4.69, 9.17) is 37.9 Å². The smallest absolute Gasteiger partial charge is 0.407 e. The summed E-state index contributed by atoms with van der Waals surface area (Å²) in [5, 5.41) is 19.7. The molecule has 0 rings (SSSR count). The molecule has 0 saturated heterocycles. The van der Waals surface area contributed by atoms with Gasteiger partial charge in [-0.3, -0.25) is 9.59 Å². The molecule has 292 valence electrons. The molecule has 18 nitrogen and oxygen atoms in total. The number of amides is 4. The third-order valence-corrected chi connectivity index (χ3v) is 5.66. The second-order valence-electron chi connectivity index (χ2n) is 12.7. The van der Waals surface area contributed by atoms with Gasteiger partial charge in [-0.15, -0.1) is 0 Å². The Morgan fingerprint density at radius 1 is 0.520 bits per heavy atom. The molecule has 0 aliphatic rings. The molecular formula is C32H60N4O14. The molecule has 0 aromatic carbocycles. The number of alkyl carbamates (subject to hydrolysis) is 2. The zero-order valence-electron chi connectivity index (χ0n) is 30.6. The van der Waals surface area contributed by atoms with E-state index in [1.165, 1.54) is 0 Å². The number of nitrogens with one attached hydrogen (secondary N) is 4. The van der Waals surface area contributed by atoms with Crippen molar-refractivity contribution in [3.63, 3.8) is 0 Å².